The third kappa shape index (κ3) is 2.11. The Labute approximate surface area is 72.1 Å². The van der Waals surface area contributed by atoms with Crippen molar-refractivity contribution >= 4 is 6.09 Å². The maximum atomic E-state index is 10.3. The molecule has 0 aromatic carbocycles. The number of nitrogens with two attached hydrogens (primary N) is 1. The Bertz CT molecular complexity index is 168. The van der Waals surface area contributed by atoms with Crippen LogP contribution >= 0.6 is 0 Å². The van der Waals surface area contributed by atoms with Gasteiger partial charge >= 0.3 is 6.09 Å². The molecule has 4 nitrogen and oxygen atoms in total. The molecule has 12 heavy (non-hydrogen) atoms. The zero-order chi connectivity index (χ0) is 9.14. The summed E-state index contributed by atoms with van der Waals surface area (Å²) in [5.74, 6) is 0.520. The molecule has 0 aliphatic heterocycles. The highest BCUT2D eigenvalue weighted by Crippen LogP contribution is 2.29. The van der Waals surface area contributed by atoms with Crippen LogP contribution in [0.25, 0.3) is 0 Å². The predicted octanol–water partition coefficient (Wildman–Crippen LogP) is 0.770. The Kier molecular flexibility index (Phi) is 2.92. The maximum absolute atomic E-state index is 10.3. The molecule has 2 atom stereocenters. The Balaban J connectivity index is 2.29. The molecule has 0 bridgehead atoms. The summed E-state index contributed by atoms with van der Waals surface area (Å²) in [6.45, 7) is 1.82. The highest BCUT2D eigenvalue weighted by Gasteiger charge is 2.28. The van der Waals surface area contributed by atoms with E-state index in [1.54, 1.807) is 0 Å². The number of carbonyl (C=O) groups is 1. The van der Waals surface area contributed by atoms with Gasteiger partial charge in [-0.1, -0.05) is 6.42 Å². The SMILES string of the molecule is C[C@H](NC(=O)O)[C@@H](N)C1CCC1. The van der Waals surface area contributed by atoms with E-state index < -0.39 is 6.09 Å². The van der Waals surface area contributed by atoms with Crippen LogP contribution in [0.2, 0.25) is 0 Å². The third-order valence-corrected chi connectivity index (χ3v) is 2.62. The molecule has 0 spiro atoms. The van der Waals surface area contributed by atoms with Crippen LogP contribution in [0.1, 0.15) is 26.2 Å². The minimum absolute atomic E-state index is 0.0187. The average Bonchev–Trinajstić information content (AvgIpc) is 1.81. The van der Waals surface area contributed by atoms with Crippen LogP contribution in [0.4, 0.5) is 4.79 Å². The van der Waals surface area contributed by atoms with E-state index in [2.05, 4.69) is 5.32 Å². The molecule has 0 radical (unpaired) electrons. The standard InChI is InChI=1S/C8H16N2O2/c1-5(10-8(11)12)7(9)6-3-2-4-6/h5-7,10H,2-4,9H2,1H3,(H,11,12)/t5-,7+/m0/s1. The van der Waals surface area contributed by atoms with E-state index in [-0.39, 0.29) is 12.1 Å². The quantitative estimate of drug-likeness (QED) is 0.588. The lowest BCUT2D eigenvalue weighted by molar-refractivity contribution is 0.178. The fourth-order valence-electron chi connectivity index (χ4n) is 1.52. The number of nitrogens with one attached hydrogen (secondary N) is 1. The lowest BCUT2D eigenvalue weighted by Gasteiger charge is -2.34. The second kappa shape index (κ2) is 3.76. The summed E-state index contributed by atoms with van der Waals surface area (Å²) < 4.78 is 0. The Morgan fingerprint density at radius 1 is 1.67 bits per heavy atom. The van der Waals surface area contributed by atoms with E-state index in [9.17, 15) is 4.79 Å². The first-order chi connectivity index (χ1) is 5.61. The summed E-state index contributed by atoms with van der Waals surface area (Å²) in [4.78, 5) is 10.3. The summed E-state index contributed by atoms with van der Waals surface area (Å²) in [5.41, 5.74) is 5.84. The van der Waals surface area contributed by atoms with Crippen molar-refractivity contribution in [3.63, 3.8) is 0 Å². The second-order valence-corrected chi connectivity index (χ2v) is 3.51. The molecule has 1 rings (SSSR count). The molecule has 0 unspecified atom stereocenters. The fraction of sp³-hybridized carbons (Fsp3) is 0.875. The first-order valence-corrected chi connectivity index (χ1v) is 4.36. The molecule has 1 aliphatic carbocycles. The minimum Gasteiger partial charge on any atom is -0.465 e. The molecule has 0 aromatic rings. The van der Waals surface area contributed by atoms with Gasteiger partial charge in [-0.25, -0.2) is 4.79 Å². The smallest absolute Gasteiger partial charge is 0.404 e. The highest BCUT2D eigenvalue weighted by atomic mass is 16.4. The van der Waals surface area contributed by atoms with Crippen molar-refractivity contribution in [2.24, 2.45) is 11.7 Å². The summed E-state index contributed by atoms with van der Waals surface area (Å²) in [6, 6.07) is -0.150. The first kappa shape index (κ1) is 9.32. The van der Waals surface area contributed by atoms with E-state index in [1.807, 2.05) is 6.92 Å². The van der Waals surface area contributed by atoms with Crippen molar-refractivity contribution in [2.45, 2.75) is 38.3 Å². The van der Waals surface area contributed by atoms with Gasteiger partial charge in [0.1, 0.15) is 0 Å². The summed E-state index contributed by atoms with van der Waals surface area (Å²) in [5, 5.41) is 10.8. The maximum Gasteiger partial charge on any atom is 0.404 e. The van der Waals surface area contributed by atoms with Crippen molar-refractivity contribution < 1.29 is 9.90 Å². The largest absolute Gasteiger partial charge is 0.465 e. The molecule has 4 N–H and O–H groups in total. The van der Waals surface area contributed by atoms with Crippen molar-refractivity contribution in [1.29, 1.82) is 0 Å². The third-order valence-electron chi connectivity index (χ3n) is 2.62. The van der Waals surface area contributed by atoms with E-state index in [4.69, 9.17) is 10.8 Å². The molecule has 70 valence electrons. The van der Waals surface area contributed by atoms with Crippen LogP contribution in [0.15, 0.2) is 0 Å². The number of carboxylic acid groups (broad SMARTS) is 1. The molecular weight excluding hydrogens is 156 g/mol. The zero-order valence-electron chi connectivity index (χ0n) is 7.29. The van der Waals surface area contributed by atoms with Gasteiger partial charge in [-0.05, 0) is 25.7 Å². The Morgan fingerprint density at radius 3 is 2.58 bits per heavy atom. The predicted molar refractivity (Wildman–Crippen MR) is 45.9 cm³/mol. The lowest BCUT2D eigenvalue weighted by atomic mass is 9.78. The van der Waals surface area contributed by atoms with Crippen LogP contribution in [-0.4, -0.2) is 23.3 Å². The fourth-order valence-corrected chi connectivity index (χ4v) is 1.52. The van der Waals surface area contributed by atoms with Gasteiger partial charge in [0, 0.05) is 12.1 Å². The Hall–Kier alpha value is -0.770. The number of amides is 1. The molecule has 1 aliphatic rings. The van der Waals surface area contributed by atoms with E-state index in [0.717, 1.165) is 12.8 Å². The van der Waals surface area contributed by atoms with Gasteiger partial charge in [0.2, 0.25) is 0 Å². The van der Waals surface area contributed by atoms with Crippen LogP contribution < -0.4 is 11.1 Å². The molecule has 1 fully saturated rings. The molecular formula is C8H16N2O2. The number of hydrogen-bond acceptors (Lipinski definition) is 2. The molecule has 1 saturated carbocycles. The number of hydrogen-bond donors (Lipinski definition) is 3. The van der Waals surface area contributed by atoms with Gasteiger partial charge in [0.05, 0.1) is 0 Å². The summed E-state index contributed by atoms with van der Waals surface area (Å²) in [7, 11) is 0. The van der Waals surface area contributed by atoms with Crippen LogP contribution in [0.3, 0.4) is 0 Å². The zero-order valence-corrected chi connectivity index (χ0v) is 7.29. The van der Waals surface area contributed by atoms with Gasteiger partial charge in [0.15, 0.2) is 0 Å². The molecule has 1 amide bonds. The molecule has 0 aromatic heterocycles. The van der Waals surface area contributed by atoms with E-state index >= 15 is 0 Å². The van der Waals surface area contributed by atoms with Gasteiger partial charge in [-0.2, -0.15) is 0 Å². The Morgan fingerprint density at radius 2 is 2.25 bits per heavy atom. The van der Waals surface area contributed by atoms with Gasteiger partial charge in [0.25, 0.3) is 0 Å². The first-order valence-electron chi connectivity index (χ1n) is 4.36. The van der Waals surface area contributed by atoms with Crippen molar-refractivity contribution in [1.82, 2.24) is 5.32 Å². The minimum atomic E-state index is -0.989. The molecule has 0 saturated heterocycles. The normalized spacial score (nSPS) is 22.5. The number of rotatable bonds is 3. The summed E-state index contributed by atoms with van der Waals surface area (Å²) in [6.07, 6.45) is 2.54. The average molecular weight is 172 g/mol. The van der Waals surface area contributed by atoms with Crippen LogP contribution in [0, 0.1) is 5.92 Å². The van der Waals surface area contributed by atoms with Crippen LogP contribution in [0.5, 0.6) is 0 Å². The summed E-state index contributed by atoms with van der Waals surface area (Å²) >= 11 is 0. The van der Waals surface area contributed by atoms with Gasteiger partial charge in [-0.3, -0.25) is 0 Å². The second-order valence-electron chi connectivity index (χ2n) is 3.51. The van der Waals surface area contributed by atoms with Crippen molar-refractivity contribution in [2.75, 3.05) is 0 Å². The van der Waals surface area contributed by atoms with E-state index in [1.165, 1.54) is 6.42 Å². The lowest BCUT2D eigenvalue weighted by Crippen LogP contribution is -2.50. The topological polar surface area (TPSA) is 75.3 Å². The molecule has 4 heteroatoms. The van der Waals surface area contributed by atoms with Gasteiger partial charge < -0.3 is 16.2 Å². The van der Waals surface area contributed by atoms with Crippen LogP contribution in [-0.2, 0) is 0 Å². The van der Waals surface area contributed by atoms with E-state index in [0.29, 0.717) is 5.92 Å². The highest BCUT2D eigenvalue weighted by molar-refractivity contribution is 5.64. The molecule has 0 heterocycles. The monoisotopic (exact) mass is 172 g/mol. The van der Waals surface area contributed by atoms with Crippen molar-refractivity contribution in [3.05, 3.63) is 0 Å². The van der Waals surface area contributed by atoms with Crippen molar-refractivity contribution in [3.8, 4) is 0 Å². The van der Waals surface area contributed by atoms with Gasteiger partial charge in [-0.15, -0.1) is 0 Å².